The van der Waals surface area contributed by atoms with Gasteiger partial charge in [0.15, 0.2) is 0 Å². The molecule has 1 N–H and O–H groups in total. The van der Waals surface area contributed by atoms with Crippen LogP contribution in [0.25, 0.3) is 21.8 Å². The van der Waals surface area contributed by atoms with Gasteiger partial charge >= 0.3 is 0 Å². The highest BCUT2D eigenvalue weighted by Crippen LogP contribution is 2.21. The van der Waals surface area contributed by atoms with Gasteiger partial charge in [-0.25, -0.2) is 9.67 Å². The van der Waals surface area contributed by atoms with Crippen LogP contribution in [0, 0.1) is 0 Å². The molecule has 4 rings (SSSR count). The van der Waals surface area contributed by atoms with Crippen LogP contribution in [-0.4, -0.2) is 31.8 Å². The standard InChI is InChI=1S/C22H19N5O3S/c28-20(14-26-15-24-18(13-22(26)30)16-5-2-1-3-6-16)23-10-11-27-21(29)9-8-17(25-27)19-7-4-12-31-19/h1-9,12-13,15H,10-11,14H2,(H,23,28). The second kappa shape index (κ2) is 9.31. The second-order valence-corrected chi connectivity index (χ2v) is 7.66. The molecule has 0 fully saturated rings. The van der Waals surface area contributed by atoms with E-state index in [-0.39, 0.29) is 36.7 Å². The van der Waals surface area contributed by atoms with Crippen molar-refractivity contribution in [1.29, 1.82) is 0 Å². The Morgan fingerprint density at radius 2 is 1.81 bits per heavy atom. The number of rotatable bonds is 7. The van der Waals surface area contributed by atoms with E-state index in [1.807, 2.05) is 47.8 Å². The van der Waals surface area contributed by atoms with Gasteiger partial charge in [-0.15, -0.1) is 11.3 Å². The fourth-order valence-electron chi connectivity index (χ4n) is 2.99. The van der Waals surface area contributed by atoms with Gasteiger partial charge in [0.1, 0.15) is 12.2 Å². The van der Waals surface area contributed by atoms with Gasteiger partial charge in [0.25, 0.3) is 11.1 Å². The molecule has 0 radical (unpaired) electrons. The number of aromatic nitrogens is 4. The largest absolute Gasteiger partial charge is 0.353 e. The van der Waals surface area contributed by atoms with E-state index in [1.165, 1.54) is 39.0 Å². The number of thiophene rings is 1. The molecule has 1 amide bonds. The highest BCUT2D eigenvalue weighted by molar-refractivity contribution is 7.13. The number of hydrogen-bond acceptors (Lipinski definition) is 6. The second-order valence-electron chi connectivity index (χ2n) is 6.71. The van der Waals surface area contributed by atoms with Crippen molar-refractivity contribution in [1.82, 2.24) is 24.6 Å². The van der Waals surface area contributed by atoms with E-state index in [0.717, 1.165) is 10.4 Å². The summed E-state index contributed by atoms with van der Waals surface area (Å²) in [4.78, 5) is 41.8. The predicted molar refractivity (Wildman–Crippen MR) is 119 cm³/mol. The molecular weight excluding hydrogens is 414 g/mol. The highest BCUT2D eigenvalue weighted by atomic mass is 32.1. The zero-order chi connectivity index (χ0) is 21.6. The monoisotopic (exact) mass is 433 g/mol. The Bertz CT molecular complexity index is 1300. The minimum atomic E-state index is -0.348. The molecule has 0 aliphatic heterocycles. The average molecular weight is 433 g/mol. The summed E-state index contributed by atoms with van der Waals surface area (Å²) < 4.78 is 2.56. The van der Waals surface area contributed by atoms with Gasteiger partial charge in [-0.05, 0) is 17.5 Å². The molecule has 1 aromatic carbocycles. The summed E-state index contributed by atoms with van der Waals surface area (Å²) in [5.74, 6) is -0.348. The number of amides is 1. The quantitative estimate of drug-likeness (QED) is 0.481. The summed E-state index contributed by atoms with van der Waals surface area (Å²) in [6, 6.07) is 17.7. The topological polar surface area (TPSA) is 98.9 Å². The van der Waals surface area contributed by atoms with Crippen molar-refractivity contribution in [3.05, 3.63) is 93.1 Å². The van der Waals surface area contributed by atoms with Crippen LogP contribution < -0.4 is 16.4 Å². The van der Waals surface area contributed by atoms with E-state index in [0.29, 0.717) is 11.4 Å². The zero-order valence-corrected chi connectivity index (χ0v) is 17.3. The lowest BCUT2D eigenvalue weighted by Crippen LogP contribution is -2.35. The third-order valence-electron chi connectivity index (χ3n) is 4.55. The smallest absolute Gasteiger partial charge is 0.266 e. The number of nitrogens with one attached hydrogen (secondary N) is 1. The summed E-state index contributed by atoms with van der Waals surface area (Å²) in [7, 11) is 0. The fourth-order valence-corrected chi connectivity index (χ4v) is 3.68. The fraction of sp³-hybridized carbons (Fsp3) is 0.136. The van der Waals surface area contributed by atoms with Crippen molar-refractivity contribution in [3.8, 4) is 21.8 Å². The van der Waals surface area contributed by atoms with Crippen LogP contribution >= 0.6 is 11.3 Å². The molecule has 0 saturated carbocycles. The van der Waals surface area contributed by atoms with Gasteiger partial charge in [-0.3, -0.25) is 19.0 Å². The minimum Gasteiger partial charge on any atom is -0.353 e. The molecule has 3 aromatic heterocycles. The summed E-state index contributed by atoms with van der Waals surface area (Å²) in [5, 5.41) is 9.00. The number of hydrogen-bond donors (Lipinski definition) is 1. The Hall–Kier alpha value is -3.85. The zero-order valence-electron chi connectivity index (χ0n) is 16.5. The molecular formula is C22H19N5O3S. The normalized spacial score (nSPS) is 10.7. The van der Waals surface area contributed by atoms with Crippen LogP contribution in [0.1, 0.15) is 0 Å². The molecule has 9 heteroatoms. The Morgan fingerprint density at radius 3 is 2.55 bits per heavy atom. The molecule has 0 aliphatic rings. The van der Waals surface area contributed by atoms with Gasteiger partial charge in [-0.1, -0.05) is 36.4 Å². The van der Waals surface area contributed by atoms with Gasteiger partial charge in [0, 0.05) is 24.2 Å². The number of benzene rings is 1. The maximum atomic E-state index is 12.3. The third kappa shape index (κ3) is 5.01. The first-order chi connectivity index (χ1) is 15.1. The molecule has 0 atom stereocenters. The lowest BCUT2D eigenvalue weighted by Gasteiger charge is -2.09. The van der Waals surface area contributed by atoms with Crippen molar-refractivity contribution in [2.45, 2.75) is 13.1 Å². The summed E-state index contributed by atoms with van der Waals surface area (Å²) in [6.45, 7) is 0.284. The molecule has 156 valence electrons. The van der Waals surface area contributed by atoms with Crippen LogP contribution in [0.4, 0.5) is 0 Å². The van der Waals surface area contributed by atoms with E-state index in [9.17, 15) is 14.4 Å². The van der Waals surface area contributed by atoms with E-state index in [4.69, 9.17) is 0 Å². The maximum absolute atomic E-state index is 12.3. The Labute approximate surface area is 181 Å². The van der Waals surface area contributed by atoms with Gasteiger partial charge in [0.2, 0.25) is 5.91 Å². The number of nitrogens with zero attached hydrogens (tertiary/aromatic N) is 4. The summed E-state index contributed by atoms with van der Waals surface area (Å²) in [5.41, 5.74) is 1.53. The first-order valence-electron chi connectivity index (χ1n) is 9.61. The highest BCUT2D eigenvalue weighted by Gasteiger charge is 2.08. The lowest BCUT2D eigenvalue weighted by molar-refractivity contribution is -0.121. The summed E-state index contributed by atoms with van der Waals surface area (Å²) >= 11 is 1.54. The molecule has 0 aliphatic carbocycles. The SMILES string of the molecule is O=C(Cn1cnc(-c2ccccc2)cc1=O)NCCn1nc(-c2cccs2)ccc1=O. The maximum Gasteiger partial charge on any atom is 0.266 e. The van der Waals surface area contributed by atoms with E-state index >= 15 is 0 Å². The molecule has 0 saturated heterocycles. The van der Waals surface area contributed by atoms with Crippen LogP contribution in [0.2, 0.25) is 0 Å². The first kappa shape index (κ1) is 20.4. The van der Waals surface area contributed by atoms with E-state index < -0.39 is 0 Å². The molecule has 3 heterocycles. The van der Waals surface area contributed by atoms with Crippen LogP contribution in [-0.2, 0) is 17.9 Å². The van der Waals surface area contributed by atoms with Crippen molar-refractivity contribution >= 4 is 17.2 Å². The van der Waals surface area contributed by atoms with Crippen molar-refractivity contribution in [2.75, 3.05) is 6.54 Å². The van der Waals surface area contributed by atoms with Crippen LogP contribution in [0.3, 0.4) is 0 Å². The Balaban J connectivity index is 1.35. The van der Waals surface area contributed by atoms with Crippen molar-refractivity contribution in [3.63, 3.8) is 0 Å². The molecule has 4 aromatic rings. The Kier molecular flexibility index (Phi) is 6.13. The van der Waals surface area contributed by atoms with E-state index in [2.05, 4.69) is 15.4 Å². The lowest BCUT2D eigenvalue weighted by atomic mass is 10.1. The van der Waals surface area contributed by atoms with Crippen LogP contribution in [0.15, 0.2) is 82.0 Å². The molecule has 31 heavy (non-hydrogen) atoms. The number of carbonyl (C=O) groups is 1. The predicted octanol–water partition coefficient (Wildman–Crippen LogP) is 2.01. The minimum absolute atomic E-state index is 0.154. The number of carbonyl (C=O) groups excluding carboxylic acids is 1. The first-order valence-corrected chi connectivity index (χ1v) is 10.5. The van der Waals surface area contributed by atoms with Gasteiger partial charge in [0.05, 0.1) is 23.4 Å². The van der Waals surface area contributed by atoms with Crippen molar-refractivity contribution in [2.24, 2.45) is 0 Å². The molecule has 0 bridgehead atoms. The van der Waals surface area contributed by atoms with Gasteiger partial charge in [-0.2, -0.15) is 5.10 Å². The van der Waals surface area contributed by atoms with Crippen molar-refractivity contribution < 1.29 is 4.79 Å². The van der Waals surface area contributed by atoms with E-state index in [1.54, 1.807) is 6.07 Å². The average Bonchev–Trinajstić information content (AvgIpc) is 3.32. The van der Waals surface area contributed by atoms with Crippen LogP contribution in [0.5, 0.6) is 0 Å². The van der Waals surface area contributed by atoms with Gasteiger partial charge < -0.3 is 5.32 Å². The third-order valence-corrected chi connectivity index (χ3v) is 5.44. The molecule has 8 nitrogen and oxygen atoms in total. The molecule has 0 unspecified atom stereocenters. The Morgan fingerprint density at radius 1 is 0.968 bits per heavy atom. The summed E-state index contributed by atoms with van der Waals surface area (Å²) in [6.07, 6.45) is 1.36. The molecule has 0 spiro atoms.